The summed E-state index contributed by atoms with van der Waals surface area (Å²) >= 11 is 0. The first-order valence-corrected chi connectivity index (χ1v) is 6.43. The van der Waals surface area contributed by atoms with Crippen LogP contribution in [0.4, 0.5) is 0 Å². The van der Waals surface area contributed by atoms with Crippen LogP contribution >= 0.6 is 0 Å². The molecular weight excluding hydrogens is 204 g/mol. The molecule has 0 amide bonds. The van der Waals surface area contributed by atoms with Gasteiger partial charge >= 0.3 is 5.97 Å². The van der Waals surface area contributed by atoms with Gasteiger partial charge < -0.3 is 9.47 Å². The SMILES string of the molecule is CCCC1CCC(C(=O)OCCOC)CC1. The van der Waals surface area contributed by atoms with E-state index in [0.717, 1.165) is 18.8 Å². The summed E-state index contributed by atoms with van der Waals surface area (Å²) in [5.74, 6) is 0.963. The van der Waals surface area contributed by atoms with Gasteiger partial charge in [0.1, 0.15) is 6.61 Å². The number of hydrogen-bond acceptors (Lipinski definition) is 3. The maximum Gasteiger partial charge on any atom is 0.309 e. The van der Waals surface area contributed by atoms with E-state index in [4.69, 9.17) is 9.47 Å². The molecule has 0 radical (unpaired) electrons. The van der Waals surface area contributed by atoms with Gasteiger partial charge in [0.05, 0.1) is 12.5 Å². The fraction of sp³-hybridized carbons (Fsp3) is 0.923. The van der Waals surface area contributed by atoms with Gasteiger partial charge in [-0.25, -0.2) is 0 Å². The van der Waals surface area contributed by atoms with Gasteiger partial charge in [-0.15, -0.1) is 0 Å². The van der Waals surface area contributed by atoms with E-state index in [1.165, 1.54) is 25.7 Å². The largest absolute Gasteiger partial charge is 0.463 e. The normalized spacial score (nSPS) is 25.4. The van der Waals surface area contributed by atoms with Crippen LogP contribution in [0.25, 0.3) is 0 Å². The van der Waals surface area contributed by atoms with Crippen LogP contribution in [-0.4, -0.2) is 26.3 Å². The molecule has 3 nitrogen and oxygen atoms in total. The highest BCUT2D eigenvalue weighted by atomic mass is 16.6. The first-order chi connectivity index (χ1) is 7.77. The zero-order valence-electron chi connectivity index (χ0n) is 10.5. The first kappa shape index (κ1) is 13.5. The maximum absolute atomic E-state index is 11.7. The number of carbonyl (C=O) groups excluding carboxylic acids is 1. The molecule has 16 heavy (non-hydrogen) atoms. The lowest BCUT2D eigenvalue weighted by Crippen LogP contribution is -2.24. The van der Waals surface area contributed by atoms with Crippen molar-refractivity contribution >= 4 is 5.97 Å². The van der Waals surface area contributed by atoms with E-state index in [1.807, 2.05) is 0 Å². The Hall–Kier alpha value is -0.570. The number of methoxy groups -OCH3 is 1. The van der Waals surface area contributed by atoms with E-state index < -0.39 is 0 Å². The predicted octanol–water partition coefficient (Wildman–Crippen LogP) is 2.78. The van der Waals surface area contributed by atoms with Crippen molar-refractivity contribution in [2.45, 2.75) is 45.4 Å². The van der Waals surface area contributed by atoms with Crippen molar-refractivity contribution in [3.05, 3.63) is 0 Å². The van der Waals surface area contributed by atoms with Gasteiger partial charge in [0.25, 0.3) is 0 Å². The van der Waals surface area contributed by atoms with Gasteiger partial charge in [-0.2, -0.15) is 0 Å². The summed E-state index contributed by atoms with van der Waals surface area (Å²) in [6.07, 6.45) is 6.97. The average molecular weight is 228 g/mol. The van der Waals surface area contributed by atoms with E-state index >= 15 is 0 Å². The fourth-order valence-corrected chi connectivity index (χ4v) is 2.44. The van der Waals surface area contributed by atoms with E-state index in [1.54, 1.807) is 7.11 Å². The van der Waals surface area contributed by atoms with E-state index in [9.17, 15) is 4.79 Å². The Morgan fingerprint density at radius 3 is 2.44 bits per heavy atom. The van der Waals surface area contributed by atoms with Crippen LogP contribution < -0.4 is 0 Å². The van der Waals surface area contributed by atoms with Crippen LogP contribution in [0.5, 0.6) is 0 Å². The number of hydrogen-bond donors (Lipinski definition) is 0. The minimum absolute atomic E-state index is 0.0213. The zero-order valence-corrected chi connectivity index (χ0v) is 10.5. The highest BCUT2D eigenvalue weighted by Crippen LogP contribution is 2.32. The van der Waals surface area contributed by atoms with Gasteiger partial charge in [-0.3, -0.25) is 4.79 Å². The Kier molecular flexibility index (Phi) is 6.46. The standard InChI is InChI=1S/C13H24O3/c1-3-4-11-5-7-12(8-6-11)13(14)16-10-9-15-2/h11-12H,3-10H2,1-2H3. The first-order valence-electron chi connectivity index (χ1n) is 6.43. The second-order valence-electron chi connectivity index (χ2n) is 4.67. The van der Waals surface area contributed by atoms with Crippen LogP contribution in [0.3, 0.4) is 0 Å². The highest BCUT2D eigenvalue weighted by Gasteiger charge is 2.26. The van der Waals surface area contributed by atoms with E-state index in [2.05, 4.69) is 6.92 Å². The molecule has 0 saturated heterocycles. The van der Waals surface area contributed by atoms with Crippen molar-refractivity contribution < 1.29 is 14.3 Å². The Bertz CT molecular complexity index is 195. The summed E-state index contributed by atoms with van der Waals surface area (Å²) in [5, 5.41) is 0. The quantitative estimate of drug-likeness (QED) is 0.518. The van der Waals surface area contributed by atoms with E-state index in [-0.39, 0.29) is 11.9 Å². The molecule has 1 aliphatic rings. The number of ether oxygens (including phenoxy) is 2. The van der Waals surface area contributed by atoms with E-state index in [0.29, 0.717) is 13.2 Å². The molecule has 1 rings (SSSR count). The number of carbonyl (C=O) groups is 1. The Balaban J connectivity index is 2.17. The molecule has 0 atom stereocenters. The lowest BCUT2D eigenvalue weighted by atomic mass is 9.80. The summed E-state index contributed by atoms with van der Waals surface area (Å²) in [6.45, 7) is 3.12. The summed E-state index contributed by atoms with van der Waals surface area (Å²) in [6, 6.07) is 0. The number of esters is 1. The Labute approximate surface area is 98.5 Å². The lowest BCUT2D eigenvalue weighted by molar-refractivity contribution is -0.151. The molecule has 0 unspecified atom stereocenters. The maximum atomic E-state index is 11.7. The Morgan fingerprint density at radius 2 is 1.88 bits per heavy atom. The molecule has 0 aromatic heterocycles. The molecule has 0 heterocycles. The van der Waals surface area contributed by atoms with Gasteiger partial charge in [0.15, 0.2) is 0 Å². The van der Waals surface area contributed by atoms with Crippen LogP contribution in [0, 0.1) is 11.8 Å². The second kappa shape index (κ2) is 7.66. The summed E-state index contributed by atoms with van der Waals surface area (Å²) in [7, 11) is 1.61. The van der Waals surface area contributed by atoms with Crippen LogP contribution in [0.2, 0.25) is 0 Å². The molecule has 0 aliphatic heterocycles. The van der Waals surface area contributed by atoms with Crippen molar-refractivity contribution in [3.8, 4) is 0 Å². The van der Waals surface area contributed by atoms with Crippen molar-refractivity contribution in [1.29, 1.82) is 0 Å². The summed E-state index contributed by atoms with van der Waals surface area (Å²) < 4.78 is 10.0. The van der Waals surface area contributed by atoms with Crippen LogP contribution in [0.1, 0.15) is 45.4 Å². The summed E-state index contributed by atoms with van der Waals surface area (Å²) in [4.78, 5) is 11.7. The van der Waals surface area contributed by atoms with Gasteiger partial charge in [0.2, 0.25) is 0 Å². The third kappa shape index (κ3) is 4.52. The molecule has 0 N–H and O–H groups in total. The fourth-order valence-electron chi connectivity index (χ4n) is 2.44. The summed E-state index contributed by atoms with van der Waals surface area (Å²) in [5.41, 5.74) is 0. The van der Waals surface area contributed by atoms with Crippen LogP contribution in [-0.2, 0) is 14.3 Å². The third-order valence-electron chi connectivity index (χ3n) is 3.41. The second-order valence-corrected chi connectivity index (χ2v) is 4.67. The highest BCUT2D eigenvalue weighted by molar-refractivity contribution is 5.72. The topological polar surface area (TPSA) is 35.5 Å². The predicted molar refractivity (Wildman–Crippen MR) is 63.2 cm³/mol. The molecule has 0 aromatic carbocycles. The van der Waals surface area contributed by atoms with Gasteiger partial charge in [0, 0.05) is 7.11 Å². The molecule has 94 valence electrons. The molecule has 1 aliphatic carbocycles. The lowest BCUT2D eigenvalue weighted by Gasteiger charge is -2.26. The molecular formula is C13H24O3. The molecule has 1 fully saturated rings. The molecule has 0 aromatic rings. The molecule has 3 heteroatoms. The van der Waals surface area contributed by atoms with Crippen LogP contribution in [0.15, 0.2) is 0 Å². The molecule has 0 spiro atoms. The monoisotopic (exact) mass is 228 g/mol. The smallest absolute Gasteiger partial charge is 0.309 e. The minimum atomic E-state index is -0.0213. The average Bonchev–Trinajstić information content (AvgIpc) is 2.30. The van der Waals surface area contributed by atoms with Crippen molar-refractivity contribution in [2.75, 3.05) is 20.3 Å². The Morgan fingerprint density at radius 1 is 1.19 bits per heavy atom. The van der Waals surface area contributed by atoms with Gasteiger partial charge in [-0.1, -0.05) is 19.8 Å². The van der Waals surface area contributed by atoms with Crippen molar-refractivity contribution in [1.82, 2.24) is 0 Å². The third-order valence-corrected chi connectivity index (χ3v) is 3.41. The molecule has 1 saturated carbocycles. The molecule has 0 bridgehead atoms. The van der Waals surface area contributed by atoms with Crippen molar-refractivity contribution in [2.24, 2.45) is 11.8 Å². The zero-order chi connectivity index (χ0) is 11.8. The van der Waals surface area contributed by atoms with Crippen molar-refractivity contribution in [3.63, 3.8) is 0 Å². The van der Waals surface area contributed by atoms with Gasteiger partial charge in [-0.05, 0) is 31.6 Å². The minimum Gasteiger partial charge on any atom is -0.463 e. The number of rotatable bonds is 6.